The van der Waals surface area contributed by atoms with Crippen molar-refractivity contribution in [2.75, 3.05) is 26.7 Å². The van der Waals surface area contributed by atoms with Crippen molar-refractivity contribution in [2.24, 2.45) is 7.05 Å². The number of likely N-dealkylation sites (tertiary alicyclic amines) is 1. The summed E-state index contributed by atoms with van der Waals surface area (Å²) in [5, 5.41) is 7.55. The van der Waals surface area contributed by atoms with Crippen LogP contribution in [0.3, 0.4) is 0 Å². The van der Waals surface area contributed by atoms with Crippen molar-refractivity contribution in [1.29, 1.82) is 0 Å². The first-order valence-corrected chi connectivity index (χ1v) is 10.4. The van der Waals surface area contributed by atoms with Crippen LogP contribution in [0.4, 0.5) is 0 Å². The number of amides is 1. The van der Waals surface area contributed by atoms with Crippen LogP contribution in [-0.2, 0) is 7.05 Å². The van der Waals surface area contributed by atoms with Crippen LogP contribution in [0.1, 0.15) is 65.7 Å². The zero-order chi connectivity index (χ0) is 19.5. The molecular weight excluding hydrogens is 352 g/mol. The Morgan fingerprint density at radius 1 is 1.29 bits per heavy atom. The summed E-state index contributed by atoms with van der Waals surface area (Å²) in [5.74, 6) is 1.32. The lowest BCUT2D eigenvalue weighted by molar-refractivity contribution is 0.0926. The first-order chi connectivity index (χ1) is 13.7. The average Bonchev–Trinajstić information content (AvgIpc) is 3.31. The van der Waals surface area contributed by atoms with Crippen LogP contribution in [0.25, 0.3) is 0 Å². The normalized spacial score (nSPS) is 18.6. The Morgan fingerprint density at radius 3 is 2.75 bits per heavy atom. The molecule has 2 aliphatic rings. The first-order valence-electron chi connectivity index (χ1n) is 10.4. The van der Waals surface area contributed by atoms with Crippen molar-refractivity contribution < 1.29 is 9.53 Å². The Balaban J connectivity index is 1.51. The molecule has 1 unspecified atom stereocenters. The smallest absolute Gasteiger partial charge is 0.269 e. The Kier molecular flexibility index (Phi) is 5.67. The number of nitrogens with zero attached hydrogens (tertiary/aromatic N) is 3. The van der Waals surface area contributed by atoms with Crippen molar-refractivity contribution in [2.45, 2.75) is 44.1 Å². The summed E-state index contributed by atoms with van der Waals surface area (Å²) in [4.78, 5) is 15.5. The summed E-state index contributed by atoms with van der Waals surface area (Å²) in [6.45, 7) is 2.72. The zero-order valence-corrected chi connectivity index (χ0v) is 16.9. The van der Waals surface area contributed by atoms with Gasteiger partial charge in [-0.25, -0.2) is 0 Å². The molecule has 1 aliphatic heterocycles. The molecule has 150 valence electrons. The van der Waals surface area contributed by atoms with Crippen molar-refractivity contribution in [3.8, 4) is 5.75 Å². The van der Waals surface area contributed by atoms with Crippen molar-refractivity contribution in [3.05, 3.63) is 47.3 Å². The molecule has 6 heteroatoms. The summed E-state index contributed by atoms with van der Waals surface area (Å²) in [6.07, 6.45) is 7.86. The van der Waals surface area contributed by atoms with Gasteiger partial charge in [-0.15, -0.1) is 0 Å². The minimum absolute atomic E-state index is 0.0195. The van der Waals surface area contributed by atoms with Gasteiger partial charge >= 0.3 is 0 Å². The molecule has 2 aromatic rings. The van der Waals surface area contributed by atoms with E-state index in [0.717, 1.165) is 42.9 Å². The molecule has 0 spiro atoms. The molecule has 6 nitrogen and oxygen atoms in total. The molecule has 1 saturated heterocycles. The number of ether oxygens (including phenoxy) is 1. The summed E-state index contributed by atoms with van der Waals surface area (Å²) in [7, 11) is 3.55. The lowest BCUT2D eigenvalue weighted by Crippen LogP contribution is -2.37. The van der Waals surface area contributed by atoms with Gasteiger partial charge in [-0.3, -0.25) is 14.4 Å². The number of hydrogen-bond donors (Lipinski definition) is 1. The van der Waals surface area contributed by atoms with E-state index in [1.807, 2.05) is 25.4 Å². The highest BCUT2D eigenvalue weighted by Gasteiger charge is 2.29. The van der Waals surface area contributed by atoms with Gasteiger partial charge in [-0.05, 0) is 62.4 Å². The standard InChI is InChI=1S/C22H30N4O2/c1-25-21(19(14-24-25)16-7-5-8-16)22(27)23-15-20(26-11-3-4-12-26)17-9-6-10-18(13-17)28-2/h6,9-10,13-14,16,20H,3-5,7-8,11-12,15H2,1-2H3,(H,23,27). The van der Waals surface area contributed by atoms with Gasteiger partial charge in [0.05, 0.1) is 19.3 Å². The molecular formula is C22H30N4O2. The highest BCUT2D eigenvalue weighted by molar-refractivity contribution is 5.94. The van der Waals surface area contributed by atoms with E-state index in [2.05, 4.69) is 27.4 Å². The maximum atomic E-state index is 13.1. The van der Waals surface area contributed by atoms with Gasteiger partial charge in [0, 0.05) is 19.2 Å². The lowest BCUT2D eigenvalue weighted by Gasteiger charge is -2.29. The monoisotopic (exact) mass is 382 g/mol. The van der Waals surface area contributed by atoms with Gasteiger partial charge in [0.25, 0.3) is 5.91 Å². The Labute approximate surface area is 166 Å². The second-order valence-corrected chi connectivity index (χ2v) is 7.95. The predicted octanol–water partition coefficient (Wildman–Crippen LogP) is 3.26. The van der Waals surface area contributed by atoms with Crippen molar-refractivity contribution in [1.82, 2.24) is 20.0 Å². The van der Waals surface area contributed by atoms with Crippen LogP contribution in [0.2, 0.25) is 0 Å². The highest BCUT2D eigenvalue weighted by Crippen LogP contribution is 2.37. The number of nitrogens with one attached hydrogen (secondary N) is 1. The number of benzene rings is 1. The van der Waals surface area contributed by atoms with E-state index in [0.29, 0.717) is 12.5 Å². The number of carbonyl (C=O) groups excluding carboxylic acids is 1. The van der Waals surface area contributed by atoms with Crippen LogP contribution in [0.5, 0.6) is 5.75 Å². The van der Waals surface area contributed by atoms with Gasteiger partial charge in [0.15, 0.2) is 0 Å². The topological polar surface area (TPSA) is 59.4 Å². The number of hydrogen-bond acceptors (Lipinski definition) is 4. The van der Waals surface area contributed by atoms with E-state index in [1.165, 1.54) is 24.8 Å². The molecule has 1 aromatic heterocycles. The predicted molar refractivity (Wildman–Crippen MR) is 109 cm³/mol. The summed E-state index contributed by atoms with van der Waals surface area (Å²) in [5.41, 5.74) is 3.01. The van der Waals surface area contributed by atoms with Crippen LogP contribution >= 0.6 is 0 Å². The highest BCUT2D eigenvalue weighted by atomic mass is 16.5. The zero-order valence-electron chi connectivity index (χ0n) is 16.9. The molecule has 1 atom stereocenters. The van der Waals surface area contributed by atoms with Gasteiger partial charge < -0.3 is 10.1 Å². The van der Waals surface area contributed by atoms with E-state index < -0.39 is 0 Å². The molecule has 1 saturated carbocycles. The summed E-state index contributed by atoms with van der Waals surface area (Å²) in [6, 6.07) is 8.35. The Hall–Kier alpha value is -2.34. The van der Waals surface area contributed by atoms with E-state index in [4.69, 9.17) is 4.74 Å². The molecule has 0 bridgehead atoms. The van der Waals surface area contributed by atoms with E-state index >= 15 is 0 Å². The van der Waals surface area contributed by atoms with E-state index in [1.54, 1.807) is 11.8 Å². The molecule has 0 radical (unpaired) electrons. The molecule has 1 aliphatic carbocycles. The second-order valence-electron chi connectivity index (χ2n) is 7.95. The van der Waals surface area contributed by atoms with Gasteiger partial charge in [0.1, 0.15) is 11.4 Å². The van der Waals surface area contributed by atoms with Crippen LogP contribution in [0.15, 0.2) is 30.5 Å². The van der Waals surface area contributed by atoms with Gasteiger partial charge in [-0.2, -0.15) is 5.10 Å². The number of carbonyl (C=O) groups is 1. The minimum Gasteiger partial charge on any atom is -0.497 e. The van der Waals surface area contributed by atoms with E-state index in [9.17, 15) is 4.79 Å². The molecule has 4 rings (SSSR count). The SMILES string of the molecule is COc1cccc(C(CNC(=O)c2c(C3CCC3)cnn2C)N2CCCC2)c1. The second kappa shape index (κ2) is 8.35. The number of aryl methyl sites for hydroxylation is 1. The number of methoxy groups -OCH3 is 1. The van der Waals surface area contributed by atoms with Crippen molar-refractivity contribution in [3.63, 3.8) is 0 Å². The van der Waals surface area contributed by atoms with Crippen molar-refractivity contribution >= 4 is 5.91 Å². The quantitative estimate of drug-likeness (QED) is 0.798. The fraction of sp³-hybridized carbons (Fsp3) is 0.545. The third-order valence-corrected chi connectivity index (χ3v) is 6.24. The fourth-order valence-corrected chi connectivity index (χ4v) is 4.38. The summed E-state index contributed by atoms with van der Waals surface area (Å²) < 4.78 is 7.13. The van der Waals surface area contributed by atoms with Crippen LogP contribution in [-0.4, -0.2) is 47.3 Å². The largest absolute Gasteiger partial charge is 0.497 e. The molecule has 2 fully saturated rings. The Morgan fingerprint density at radius 2 is 2.07 bits per heavy atom. The lowest BCUT2D eigenvalue weighted by atomic mass is 9.80. The third kappa shape index (κ3) is 3.78. The van der Waals surface area contributed by atoms with Gasteiger partial charge in [0.2, 0.25) is 0 Å². The molecule has 1 aromatic carbocycles. The first kappa shape index (κ1) is 19.0. The minimum atomic E-state index is -0.0195. The molecule has 1 N–H and O–H groups in total. The Bertz CT molecular complexity index is 822. The average molecular weight is 383 g/mol. The summed E-state index contributed by atoms with van der Waals surface area (Å²) >= 11 is 0. The number of aromatic nitrogens is 2. The third-order valence-electron chi connectivity index (χ3n) is 6.24. The maximum Gasteiger partial charge on any atom is 0.269 e. The van der Waals surface area contributed by atoms with Gasteiger partial charge in [-0.1, -0.05) is 18.6 Å². The molecule has 1 amide bonds. The molecule has 28 heavy (non-hydrogen) atoms. The molecule has 2 heterocycles. The van der Waals surface area contributed by atoms with E-state index in [-0.39, 0.29) is 11.9 Å². The number of rotatable bonds is 7. The maximum absolute atomic E-state index is 13.1. The fourth-order valence-electron chi connectivity index (χ4n) is 4.38. The van der Waals surface area contributed by atoms with Crippen LogP contribution in [0, 0.1) is 0 Å². The van der Waals surface area contributed by atoms with Crippen LogP contribution < -0.4 is 10.1 Å².